The Bertz CT molecular complexity index is 823. The zero-order chi connectivity index (χ0) is 20.7. The van der Waals surface area contributed by atoms with Gasteiger partial charge in [-0.1, -0.05) is 29.8 Å². The zero-order valence-corrected chi connectivity index (χ0v) is 16.3. The maximum atomic E-state index is 12.8. The summed E-state index contributed by atoms with van der Waals surface area (Å²) >= 11 is 1.13. The standard InChI is InChI=1S/C20H21F3N2O2S/c1-13-6-8-17(9-7-13)25-19(27)12-28-11-18(26)24-14(2)15-4-3-5-16(10-15)20(21,22)23/h3-10,14H,11-12H2,1-2H3,(H,24,26)(H,25,27). The Balaban J connectivity index is 1.77. The van der Waals surface area contributed by atoms with Crippen molar-refractivity contribution in [3.05, 3.63) is 65.2 Å². The first-order valence-corrected chi connectivity index (χ1v) is 9.71. The number of rotatable bonds is 7. The van der Waals surface area contributed by atoms with Crippen LogP contribution in [0.4, 0.5) is 18.9 Å². The van der Waals surface area contributed by atoms with E-state index in [4.69, 9.17) is 0 Å². The number of carbonyl (C=O) groups excluding carboxylic acids is 2. The van der Waals surface area contributed by atoms with Crippen molar-refractivity contribution in [2.45, 2.75) is 26.1 Å². The number of aryl methyl sites for hydroxylation is 1. The Labute approximate surface area is 165 Å². The lowest BCUT2D eigenvalue weighted by Crippen LogP contribution is -2.29. The van der Waals surface area contributed by atoms with E-state index in [1.807, 2.05) is 19.1 Å². The van der Waals surface area contributed by atoms with E-state index in [9.17, 15) is 22.8 Å². The van der Waals surface area contributed by atoms with Crippen LogP contribution in [0.2, 0.25) is 0 Å². The third-order valence-electron chi connectivity index (χ3n) is 3.89. The molecule has 0 aliphatic rings. The second-order valence-electron chi connectivity index (χ2n) is 6.32. The molecule has 0 saturated heterocycles. The second-order valence-corrected chi connectivity index (χ2v) is 7.31. The molecule has 0 aromatic heterocycles. The fourth-order valence-corrected chi connectivity index (χ4v) is 3.05. The third kappa shape index (κ3) is 6.92. The SMILES string of the molecule is Cc1ccc(NC(=O)CSCC(=O)NC(C)c2cccc(C(F)(F)F)c2)cc1. The topological polar surface area (TPSA) is 58.2 Å². The van der Waals surface area contributed by atoms with Gasteiger partial charge in [-0.25, -0.2) is 0 Å². The number of halogens is 3. The van der Waals surface area contributed by atoms with E-state index < -0.39 is 17.8 Å². The summed E-state index contributed by atoms with van der Waals surface area (Å²) in [6.45, 7) is 3.56. The Hall–Kier alpha value is -2.48. The van der Waals surface area contributed by atoms with Crippen LogP contribution in [0.25, 0.3) is 0 Å². The molecule has 0 saturated carbocycles. The highest BCUT2D eigenvalue weighted by Crippen LogP contribution is 2.30. The van der Waals surface area contributed by atoms with Crippen molar-refractivity contribution in [2.24, 2.45) is 0 Å². The lowest BCUT2D eigenvalue weighted by Gasteiger charge is -2.16. The van der Waals surface area contributed by atoms with Crippen LogP contribution in [-0.4, -0.2) is 23.3 Å². The van der Waals surface area contributed by atoms with E-state index >= 15 is 0 Å². The summed E-state index contributed by atoms with van der Waals surface area (Å²) in [5.41, 5.74) is 1.37. The first kappa shape index (κ1) is 21.8. The maximum absolute atomic E-state index is 12.8. The first-order valence-electron chi connectivity index (χ1n) is 8.56. The molecule has 0 spiro atoms. The highest BCUT2D eigenvalue weighted by Gasteiger charge is 2.30. The normalized spacial score (nSPS) is 12.3. The average molecular weight is 410 g/mol. The molecule has 0 aliphatic heterocycles. The van der Waals surface area contributed by atoms with Gasteiger partial charge in [0.25, 0.3) is 0 Å². The summed E-state index contributed by atoms with van der Waals surface area (Å²) in [4.78, 5) is 23.9. The number of benzene rings is 2. The Morgan fingerprint density at radius 2 is 1.68 bits per heavy atom. The smallest absolute Gasteiger partial charge is 0.349 e. The molecule has 1 unspecified atom stereocenters. The largest absolute Gasteiger partial charge is 0.416 e. The van der Waals surface area contributed by atoms with Gasteiger partial charge in [0.05, 0.1) is 23.1 Å². The molecule has 2 aromatic carbocycles. The molecule has 28 heavy (non-hydrogen) atoms. The lowest BCUT2D eigenvalue weighted by molar-refractivity contribution is -0.137. The molecule has 8 heteroatoms. The van der Waals surface area contributed by atoms with Gasteiger partial charge in [0.2, 0.25) is 11.8 Å². The molecular formula is C20H21F3N2O2S. The summed E-state index contributed by atoms with van der Waals surface area (Å²) in [5, 5.41) is 5.38. The molecule has 150 valence electrons. The molecule has 0 aliphatic carbocycles. The second kappa shape index (κ2) is 9.64. The fraction of sp³-hybridized carbons (Fsp3) is 0.300. The monoisotopic (exact) mass is 410 g/mol. The predicted octanol–water partition coefficient (Wildman–Crippen LogP) is 4.56. The van der Waals surface area contributed by atoms with Gasteiger partial charge in [-0.3, -0.25) is 9.59 Å². The summed E-state index contributed by atoms with van der Waals surface area (Å²) < 4.78 is 38.4. The molecule has 0 bridgehead atoms. The predicted molar refractivity (Wildman–Crippen MR) is 105 cm³/mol. The van der Waals surface area contributed by atoms with Crippen molar-refractivity contribution < 1.29 is 22.8 Å². The Morgan fingerprint density at radius 1 is 1.04 bits per heavy atom. The van der Waals surface area contributed by atoms with E-state index in [0.717, 1.165) is 29.5 Å². The van der Waals surface area contributed by atoms with Crippen LogP contribution in [-0.2, 0) is 15.8 Å². The van der Waals surface area contributed by atoms with Crippen molar-refractivity contribution in [2.75, 3.05) is 16.8 Å². The number of carbonyl (C=O) groups is 2. The van der Waals surface area contributed by atoms with E-state index in [0.29, 0.717) is 11.3 Å². The van der Waals surface area contributed by atoms with Crippen LogP contribution >= 0.6 is 11.8 Å². The van der Waals surface area contributed by atoms with Crippen LogP contribution < -0.4 is 10.6 Å². The highest BCUT2D eigenvalue weighted by atomic mass is 32.2. The van der Waals surface area contributed by atoms with Gasteiger partial charge >= 0.3 is 6.18 Å². The molecule has 0 heterocycles. The van der Waals surface area contributed by atoms with Crippen LogP contribution in [0.15, 0.2) is 48.5 Å². The first-order chi connectivity index (χ1) is 13.1. The Morgan fingerprint density at radius 3 is 2.32 bits per heavy atom. The van der Waals surface area contributed by atoms with Crippen molar-refractivity contribution in [3.63, 3.8) is 0 Å². The average Bonchev–Trinajstić information content (AvgIpc) is 2.63. The summed E-state index contributed by atoms with van der Waals surface area (Å²) in [6.07, 6.45) is -4.43. The highest BCUT2D eigenvalue weighted by molar-refractivity contribution is 8.00. The molecule has 1 atom stereocenters. The molecule has 0 fully saturated rings. The number of alkyl halides is 3. The van der Waals surface area contributed by atoms with Crippen molar-refractivity contribution >= 4 is 29.3 Å². The minimum absolute atomic E-state index is 0.0324. The minimum atomic E-state index is -4.43. The summed E-state index contributed by atoms with van der Waals surface area (Å²) in [5.74, 6) is -0.449. The van der Waals surface area contributed by atoms with Crippen LogP contribution in [0, 0.1) is 6.92 Å². The molecule has 4 nitrogen and oxygen atoms in total. The van der Waals surface area contributed by atoms with Gasteiger partial charge in [0.1, 0.15) is 0 Å². The number of hydrogen-bond acceptors (Lipinski definition) is 3. The molecule has 2 aromatic rings. The van der Waals surface area contributed by atoms with Crippen molar-refractivity contribution in [1.82, 2.24) is 5.32 Å². The van der Waals surface area contributed by atoms with Gasteiger partial charge in [-0.2, -0.15) is 13.2 Å². The van der Waals surface area contributed by atoms with Crippen molar-refractivity contribution in [1.29, 1.82) is 0 Å². The van der Waals surface area contributed by atoms with Gasteiger partial charge in [-0.05, 0) is 43.7 Å². The number of amides is 2. The van der Waals surface area contributed by atoms with Crippen LogP contribution in [0.1, 0.15) is 29.7 Å². The summed E-state index contributed by atoms with van der Waals surface area (Å²) in [7, 11) is 0. The van der Waals surface area contributed by atoms with E-state index in [1.54, 1.807) is 19.1 Å². The van der Waals surface area contributed by atoms with Gasteiger partial charge in [-0.15, -0.1) is 11.8 Å². The summed E-state index contributed by atoms with van der Waals surface area (Å²) in [6, 6.07) is 11.6. The maximum Gasteiger partial charge on any atom is 0.416 e. The van der Waals surface area contributed by atoms with E-state index in [-0.39, 0.29) is 23.3 Å². The number of nitrogens with one attached hydrogen (secondary N) is 2. The van der Waals surface area contributed by atoms with Crippen LogP contribution in [0.3, 0.4) is 0 Å². The van der Waals surface area contributed by atoms with Crippen LogP contribution in [0.5, 0.6) is 0 Å². The number of thioether (sulfide) groups is 1. The van der Waals surface area contributed by atoms with Crippen molar-refractivity contribution in [3.8, 4) is 0 Å². The molecule has 2 rings (SSSR count). The molecule has 2 N–H and O–H groups in total. The number of anilines is 1. The lowest BCUT2D eigenvalue weighted by atomic mass is 10.0. The quantitative estimate of drug-likeness (QED) is 0.703. The molecule has 2 amide bonds. The fourth-order valence-electron chi connectivity index (χ4n) is 2.42. The van der Waals surface area contributed by atoms with Gasteiger partial charge < -0.3 is 10.6 Å². The minimum Gasteiger partial charge on any atom is -0.349 e. The molecule has 0 radical (unpaired) electrons. The Kier molecular flexibility index (Phi) is 7.51. The zero-order valence-electron chi connectivity index (χ0n) is 15.5. The number of hydrogen-bond donors (Lipinski definition) is 2. The van der Waals surface area contributed by atoms with Gasteiger partial charge in [0, 0.05) is 5.69 Å². The van der Waals surface area contributed by atoms with E-state index in [1.165, 1.54) is 12.1 Å². The molecular weight excluding hydrogens is 389 g/mol. The van der Waals surface area contributed by atoms with Gasteiger partial charge in [0.15, 0.2) is 0 Å². The third-order valence-corrected chi connectivity index (χ3v) is 4.83. The van der Waals surface area contributed by atoms with E-state index in [2.05, 4.69) is 10.6 Å².